The predicted molar refractivity (Wildman–Crippen MR) is 138 cm³/mol. The standard InChI is InChI=1S/C28H26N2O4S/c1-17-27-19(15-30(16-33-27)9-8-21-5-4-10-35-21)11-23-26(31)25(34-28(17)23)12-18-14-29(2)24-7-6-20(32-3)13-22(18)24/h4-7,10-14H,8-9,15-16H2,1-3H3/b25-12-. The van der Waals surface area contributed by atoms with Crippen LogP contribution in [0.4, 0.5) is 0 Å². The van der Waals surface area contributed by atoms with Gasteiger partial charge in [-0.2, -0.15) is 0 Å². The van der Waals surface area contributed by atoms with Gasteiger partial charge in [-0.05, 0) is 55.1 Å². The molecule has 7 heteroatoms. The summed E-state index contributed by atoms with van der Waals surface area (Å²) in [6.07, 6.45) is 4.82. The first kappa shape index (κ1) is 21.9. The van der Waals surface area contributed by atoms with Gasteiger partial charge < -0.3 is 18.8 Å². The smallest absolute Gasteiger partial charge is 0.231 e. The SMILES string of the molecule is COc1ccc2c(c1)c(/C=C1\Oc3c(cc4c(c3C)OCN(CCc3cccs3)C4)C1=O)cn2C. The Morgan fingerprint density at radius 3 is 2.89 bits per heavy atom. The number of fused-ring (bicyclic) bond motifs is 3. The minimum atomic E-state index is -0.0958. The van der Waals surface area contributed by atoms with E-state index in [4.69, 9.17) is 14.2 Å². The number of carbonyl (C=O) groups excluding carboxylic acids is 1. The molecule has 0 saturated heterocycles. The van der Waals surface area contributed by atoms with Crippen molar-refractivity contribution in [2.45, 2.75) is 19.9 Å². The number of aryl methyl sites for hydroxylation is 1. The Bertz CT molecular complexity index is 1480. The van der Waals surface area contributed by atoms with Crippen molar-refractivity contribution in [3.63, 3.8) is 0 Å². The Kier molecular flexibility index (Phi) is 5.39. The summed E-state index contributed by atoms with van der Waals surface area (Å²) in [7, 11) is 3.64. The molecule has 4 heterocycles. The minimum Gasteiger partial charge on any atom is -0.497 e. The van der Waals surface area contributed by atoms with Crippen LogP contribution in [-0.2, 0) is 20.0 Å². The number of hydrogen-bond donors (Lipinski definition) is 0. The zero-order valence-electron chi connectivity index (χ0n) is 20.0. The number of thiophene rings is 1. The van der Waals surface area contributed by atoms with Crippen LogP contribution in [0.25, 0.3) is 17.0 Å². The molecule has 0 radical (unpaired) electrons. The molecule has 0 saturated carbocycles. The number of rotatable bonds is 5. The van der Waals surface area contributed by atoms with E-state index in [1.54, 1.807) is 18.4 Å². The molecular weight excluding hydrogens is 460 g/mol. The van der Waals surface area contributed by atoms with Crippen LogP contribution < -0.4 is 14.2 Å². The molecule has 2 aliphatic rings. The van der Waals surface area contributed by atoms with E-state index in [-0.39, 0.29) is 5.78 Å². The minimum absolute atomic E-state index is 0.0958. The molecule has 0 unspecified atom stereocenters. The first-order valence-electron chi connectivity index (χ1n) is 11.6. The molecule has 35 heavy (non-hydrogen) atoms. The van der Waals surface area contributed by atoms with Gasteiger partial charge in [-0.25, -0.2) is 0 Å². The number of allylic oxidation sites excluding steroid dienone is 1. The molecule has 0 aliphatic carbocycles. The Morgan fingerprint density at radius 1 is 1.20 bits per heavy atom. The first-order chi connectivity index (χ1) is 17.0. The van der Waals surface area contributed by atoms with Crippen LogP contribution in [0.5, 0.6) is 17.2 Å². The second-order valence-electron chi connectivity index (χ2n) is 9.04. The average molecular weight is 487 g/mol. The van der Waals surface area contributed by atoms with E-state index in [9.17, 15) is 4.79 Å². The predicted octanol–water partition coefficient (Wildman–Crippen LogP) is 5.57. The monoisotopic (exact) mass is 486 g/mol. The molecular formula is C28H26N2O4S. The number of Topliss-reactive ketones (excluding diaryl/α,β-unsaturated/α-hetero) is 1. The molecule has 4 aromatic rings. The maximum atomic E-state index is 13.4. The maximum Gasteiger partial charge on any atom is 0.231 e. The maximum absolute atomic E-state index is 13.4. The van der Waals surface area contributed by atoms with Crippen molar-refractivity contribution in [1.29, 1.82) is 0 Å². The van der Waals surface area contributed by atoms with Crippen molar-refractivity contribution >= 4 is 34.1 Å². The lowest BCUT2D eigenvalue weighted by atomic mass is 10.00. The molecule has 6 nitrogen and oxygen atoms in total. The molecule has 2 aromatic carbocycles. The number of ketones is 1. The molecule has 2 aromatic heterocycles. The summed E-state index contributed by atoms with van der Waals surface area (Å²) in [5.74, 6) is 2.44. The van der Waals surface area contributed by atoms with Crippen LogP contribution in [0.3, 0.4) is 0 Å². The zero-order valence-corrected chi connectivity index (χ0v) is 20.8. The van der Waals surface area contributed by atoms with Gasteiger partial charge in [-0.3, -0.25) is 9.69 Å². The number of aromatic nitrogens is 1. The quantitative estimate of drug-likeness (QED) is 0.345. The number of carbonyl (C=O) groups is 1. The van der Waals surface area contributed by atoms with E-state index in [0.29, 0.717) is 23.8 Å². The summed E-state index contributed by atoms with van der Waals surface area (Å²) in [6.45, 7) is 4.17. The highest BCUT2D eigenvalue weighted by atomic mass is 32.1. The van der Waals surface area contributed by atoms with Crippen molar-refractivity contribution in [3.8, 4) is 17.2 Å². The van der Waals surface area contributed by atoms with Crippen LogP contribution in [0, 0.1) is 6.92 Å². The van der Waals surface area contributed by atoms with Gasteiger partial charge in [0.2, 0.25) is 5.78 Å². The van der Waals surface area contributed by atoms with Gasteiger partial charge in [0.05, 0.1) is 12.7 Å². The van der Waals surface area contributed by atoms with Crippen LogP contribution in [0.15, 0.2) is 53.7 Å². The lowest BCUT2D eigenvalue weighted by Crippen LogP contribution is -2.34. The van der Waals surface area contributed by atoms with E-state index in [1.165, 1.54) is 4.88 Å². The highest BCUT2D eigenvalue weighted by molar-refractivity contribution is 7.09. The Balaban J connectivity index is 1.30. The Morgan fingerprint density at radius 2 is 2.09 bits per heavy atom. The fraction of sp³-hybridized carbons (Fsp3) is 0.250. The van der Waals surface area contributed by atoms with Gasteiger partial charge >= 0.3 is 0 Å². The Labute approximate surface area is 207 Å². The third kappa shape index (κ3) is 3.81. The average Bonchev–Trinajstić information content (AvgIpc) is 3.58. The normalized spacial score (nSPS) is 16.3. The van der Waals surface area contributed by atoms with Gasteiger partial charge in [0.1, 0.15) is 24.0 Å². The van der Waals surface area contributed by atoms with Crippen LogP contribution >= 0.6 is 11.3 Å². The van der Waals surface area contributed by atoms with Gasteiger partial charge in [0, 0.05) is 58.8 Å². The van der Waals surface area contributed by atoms with Gasteiger partial charge in [0.25, 0.3) is 0 Å². The summed E-state index contributed by atoms with van der Waals surface area (Å²) in [5, 5.41) is 3.11. The third-order valence-corrected chi connectivity index (χ3v) is 7.71. The number of methoxy groups -OCH3 is 1. The molecule has 0 bridgehead atoms. The number of ether oxygens (including phenoxy) is 3. The summed E-state index contributed by atoms with van der Waals surface area (Å²) in [6, 6.07) is 12.1. The summed E-state index contributed by atoms with van der Waals surface area (Å²) < 4.78 is 19.7. The van der Waals surface area contributed by atoms with Crippen molar-refractivity contribution in [2.75, 3.05) is 20.4 Å². The van der Waals surface area contributed by atoms with E-state index >= 15 is 0 Å². The highest BCUT2D eigenvalue weighted by Gasteiger charge is 2.33. The number of benzene rings is 2. The zero-order chi connectivity index (χ0) is 24.1. The van der Waals surface area contributed by atoms with Crippen molar-refractivity contribution < 1.29 is 19.0 Å². The number of hydrogen-bond acceptors (Lipinski definition) is 6. The van der Waals surface area contributed by atoms with E-state index in [0.717, 1.165) is 58.6 Å². The molecule has 0 spiro atoms. The first-order valence-corrected chi connectivity index (χ1v) is 12.5. The van der Waals surface area contributed by atoms with Gasteiger partial charge in [0.15, 0.2) is 5.76 Å². The van der Waals surface area contributed by atoms with Crippen molar-refractivity contribution in [3.05, 3.63) is 80.9 Å². The van der Waals surface area contributed by atoms with E-state index < -0.39 is 0 Å². The van der Waals surface area contributed by atoms with Crippen LogP contribution in [-0.4, -0.2) is 35.6 Å². The second kappa shape index (κ2) is 8.59. The second-order valence-corrected chi connectivity index (χ2v) is 10.1. The fourth-order valence-electron chi connectivity index (χ4n) is 4.95. The van der Waals surface area contributed by atoms with Crippen LogP contribution in [0.2, 0.25) is 0 Å². The topological polar surface area (TPSA) is 52.9 Å². The third-order valence-electron chi connectivity index (χ3n) is 6.77. The lowest BCUT2D eigenvalue weighted by molar-refractivity contribution is 0.0956. The lowest BCUT2D eigenvalue weighted by Gasteiger charge is -2.30. The fourth-order valence-corrected chi connectivity index (χ4v) is 5.65. The van der Waals surface area contributed by atoms with Gasteiger partial charge in [-0.15, -0.1) is 11.3 Å². The molecule has 0 amide bonds. The number of nitrogens with zero attached hydrogens (tertiary/aromatic N) is 2. The van der Waals surface area contributed by atoms with Crippen molar-refractivity contribution in [2.24, 2.45) is 7.05 Å². The van der Waals surface area contributed by atoms with Crippen molar-refractivity contribution in [1.82, 2.24) is 9.47 Å². The molecule has 2 aliphatic heterocycles. The molecule has 0 fully saturated rings. The Hall–Kier alpha value is -3.55. The van der Waals surface area contributed by atoms with Gasteiger partial charge in [-0.1, -0.05) is 6.07 Å². The summed E-state index contributed by atoms with van der Waals surface area (Å²) in [5.41, 5.74) is 4.49. The van der Waals surface area contributed by atoms with Crippen LogP contribution in [0.1, 0.15) is 31.9 Å². The molecule has 6 rings (SSSR count). The summed E-state index contributed by atoms with van der Waals surface area (Å²) >= 11 is 1.78. The van der Waals surface area contributed by atoms with E-state index in [2.05, 4.69) is 22.4 Å². The molecule has 0 N–H and O–H groups in total. The summed E-state index contributed by atoms with van der Waals surface area (Å²) in [4.78, 5) is 17.0. The largest absolute Gasteiger partial charge is 0.497 e. The molecule has 0 atom stereocenters. The molecule has 178 valence electrons. The highest BCUT2D eigenvalue weighted by Crippen LogP contribution is 2.43. The van der Waals surface area contributed by atoms with E-state index in [1.807, 2.05) is 55.1 Å².